The van der Waals surface area contributed by atoms with E-state index in [-0.39, 0.29) is 11.4 Å². The molecule has 2 atom stereocenters. The van der Waals surface area contributed by atoms with Gasteiger partial charge >= 0.3 is 11.4 Å². The molecule has 0 aliphatic carbocycles. The predicted molar refractivity (Wildman–Crippen MR) is 58.2 cm³/mol. The molecule has 13 heavy (non-hydrogen) atoms. The van der Waals surface area contributed by atoms with Gasteiger partial charge in [-0.1, -0.05) is 0 Å². The lowest BCUT2D eigenvalue weighted by atomic mass is 10.5. The van der Waals surface area contributed by atoms with Crippen molar-refractivity contribution in [2.24, 2.45) is 0 Å². The van der Waals surface area contributed by atoms with Crippen LogP contribution in [0.15, 0.2) is 0 Å². The molecule has 0 bridgehead atoms. The summed E-state index contributed by atoms with van der Waals surface area (Å²) >= 11 is 3.53. The Bertz CT molecular complexity index is 144. The van der Waals surface area contributed by atoms with E-state index in [4.69, 9.17) is 9.29 Å². The third-order valence-electron chi connectivity index (χ3n) is 1.04. The lowest BCUT2D eigenvalue weighted by molar-refractivity contribution is 0.179. The van der Waals surface area contributed by atoms with Crippen molar-refractivity contribution in [3.8, 4) is 0 Å². The monoisotopic (exact) mass is 246 g/mol. The van der Waals surface area contributed by atoms with E-state index in [1.807, 2.05) is 6.92 Å². The van der Waals surface area contributed by atoms with E-state index in [0.717, 1.165) is 5.75 Å². The van der Waals surface area contributed by atoms with Gasteiger partial charge in [0.2, 0.25) is 0 Å². The maximum atomic E-state index is 10.0. The van der Waals surface area contributed by atoms with E-state index in [1.54, 1.807) is 0 Å². The summed E-state index contributed by atoms with van der Waals surface area (Å²) < 4.78 is 27.7. The van der Waals surface area contributed by atoms with Crippen molar-refractivity contribution >= 4 is 35.8 Å². The molecule has 0 amide bonds. The van der Waals surface area contributed by atoms with Crippen LogP contribution >= 0.6 is 24.4 Å². The predicted octanol–water partition coefficient (Wildman–Crippen LogP) is 1.51. The van der Waals surface area contributed by atoms with Crippen molar-refractivity contribution in [1.82, 2.24) is 0 Å². The first-order chi connectivity index (χ1) is 6.16. The van der Waals surface area contributed by atoms with Crippen molar-refractivity contribution in [3.05, 3.63) is 0 Å². The Kier molecular flexibility index (Phi) is 9.81. The highest BCUT2D eigenvalue weighted by molar-refractivity contribution is 8.10. The van der Waals surface area contributed by atoms with Crippen LogP contribution in [0.1, 0.15) is 13.3 Å². The fourth-order valence-corrected chi connectivity index (χ4v) is 2.01. The highest BCUT2D eigenvalue weighted by Gasteiger charge is 2.01. The molecule has 0 rings (SSSR count). The fraction of sp³-hybridized carbons (Fsp3) is 1.00. The molecule has 0 saturated heterocycles. The van der Waals surface area contributed by atoms with E-state index in [0.29, 0.717) is 13.0 Å². The molecule has 0 heterocycles. The third kappa shape index (κ3) is 10.7. The molecule has 0 aliphatic heterocycles. The van der Waals surface area contributed by atoms with E-state index in [1.165, 1.54) is 11.8 Å². The van der Waals surface area contributed by atoms with Gasteiger partial charge in [-0.15, -0.1) is 24.4 Å². The topological polar surface area (TPSA) is 55.8 Å². The molecule has 0 aromatic rings. The Hall–Kier alpha value is 0.730. The number of rotatable bonds is 8. The van der Waals surface area contributed by atoms with Gasteiger partial charge in [0.25, 0.3) is 0 Å². The smallest absolute Gasteiger partial charge is 0.301 e. The van der Waals surface area contributed by atoms with Gasteiger partial charge in [-0.25, -0.2) is 0 Å². The zero-order valence-electron chi connectivity index (χ0n) is 7.34. The highest BCUT2D eigenvalue weighted by Crippen LogP contribution is 2.16. The van der Waals surface area contributed by atoms with Gasteiger partial charge in [0.15, 0.2) is 0 Å². The minimum absolute atomic E-state index is 0.121. The molecule has 1 N–H and O–H groups in total. The molecule has 4 nitrogen and oxygen atoms in total. The molecule has 0 aliphatic rings. The normalized spacial score (nSPS) is 15.6. The molecular weight excluding hydrogens is 232 g/mol. The number of hydrogen-bond donors (Lipinski definition) is 2. The molecule has 0 spiro atoms. The van der Waals surface area contributed by atoms with Crippen molar-refractivity contribution in [3.63, 3.8) is 0 Å². The average Bonchev–Trinajstić information content (AvgIpc) is 2.03. The summed E-state index contributed by atoms with van der Waals surface area (Å²) in [5.41, 5.74) is 0. The molecule has 0 saturated carbocycles. The molecule has 0 radical (unpaired) electrons. The maximum Gasteiger partial charge on any atom is 0.301 e. The Morgan fingerprint density at radius 1 is 1.69 bits per heavy atom. The zero-order chi connectivity index (χ0) is 10.1. The summed E-state index contributed by atoms with van der Waals surface area (Å²) in [5, 5.41) is 0. The third-order valence-corrected chi connectivity index (χ3v) is 2.95. The summed E-state index contributed by atoms with van der Waals surface area (Å²) in [6, 6.07) is 0. The number of thioether (sulfide) groups is 1. The van der Waals surface area contributed by atoms with Crippen LogP contribution in [0, 0.1) is 0 Å². The van der Waals surface area contributed by atoms with Crippen LogP contribution < -0.4 is 0 Å². The van der Waals surface area contributed by atoms with Crippen molar-refractivity contribution < 1.29 is 17.7 Å². The standard InChI is InChI=1S/C6H14O4S3/c1-2-9-6(11)12-5-3-4-10-13(7)8/h6,11H,2-5H2,1H3,(H,7,8). The Balaban J connectivity index is 3.11. The number of thiol groups is 1. The van der Waals surface area contributed by atoms with Gasteiger partial charge in [-0.3, -0.25) is 8.74 Å². The van der Waals surface area contributed by atoms with Crippen LogP contribution in [0.5, 0.6) is 0 Å². The largest absolute Gasteiger partial charge is 0.358 e. The Morgan fingerprint density at radius 2 is 2.38 bits per heavy atom. The van der Waals surface area contributed by atoms with Crippen LogP contribution in [0.25, 0.3) is 0 Å². The van der Waals surface area contributed by atoms with Gasteiger partial charge in [0, 0.05) is 6.61 Å². The van der Waals surface area contributed by atoms with E-state index >= 15 is 0 Å². The van der Waals surface area contributed by atoms with Crippen LogP contribution in [-0.2, 0) is 20.3 Å². The second kappa shape index (κ2) is 9.29. The average molecular weight is 246 g/mol. The number of hydrogen-bond acceptors (Lipinski definition) is 5. The lowest BCUT2D eigenvalue weighted by Gasteiger charge is -2.09. The number of ether oxygens (including phenoxy) is 1. The van der Waals surface area contributed by atoms with Crippen LogP contribution in [0.3, 0.4) is 0 Å². The molecular formula is C6H14O4S3. The SMILES string of the molecule is CCOC(S)SCCCOS(=O)O. The summed E-state index contributed by atoms with van der Waals surface area (Å²) in [6.07, 6.45) is 0.709. The van der Waals surface area contributed by atoms with Crippen molar-refractivity contribution in [1.29, 1.82) is 0 Å². The zero-order valence-corrected chi connectivity index (χ0v) is 9.87. The van der Waals surface area contributed by atoms with Crippen LogP contribution in [-0.4, -0.2) is 32.5 Å². The molecule has 2 unspecified atom stereocenters. The minimum atomic E-state index is -2.14. The van der Waals surface area contributed by atoms with Crippen LogP contribution in [0.2, 0.25) is 0 Å². The summed E-state index contributed by atoms with van der Waals surface area (Å²) in [7, 11) is 0. The van der Waals surface area contributed by atoms with Crippen molar-refractivity contribution in [2.45, 2.75) is 18.1 Å². The second-order valence-corrected chi connectivity index (χ2v) is 4.68. The summed E-state index contributed by atoms with van der Waals surface area (Å²) in [6.45, 7) is 2.82. The van der Waals surface area contributed by atoms with Gasteiger partial charge in [0.05, 0.1) is 6.61 Å². The second-order valence-electron chi connectivity index (χ2n) is 2.03. The molecule has 0 aromatic carbocycles. The molecule has 80 valence electrons. The van der Waals surface area contributed by atoms with Gasteiger partial charge in [0.1, 0.15) is 4.77 Å². The molecule has 0 aromatic heterocycles. The summed E-state index contributed by atoms with van der Waals surface area (Å²) in [5.74, 6) is 0.797. The Morgan fingerprint density at radius 3 is 2.92 bits per heavy atom. The van der Waals surface area contributed by atoms with Crippen LogP contribution in [0.4, 0.5) is 0 Å². The minimum Gasteiger partial charge on any atom is -0.358 e. The van der Waals surface area contributed by atoms with Crippen molar-refractivity contribution in [2.75, 3.05) is 19.0 Å². The highest BCUT2D eigenvalue weighted by atomic mass is 32.2. The van der Waals surface area contributed by atoms with E-state index in [9.17, 15) is 4.21 Å². The molecule has 0 fully saturated rings. The summed E-state index contributed by atoms with van der Waals surface area (Å²) in [4.78, 5) is 0. The first kappa shape index (κ1) is 13.7. The lowest BCUT2D eigenvalue weighted by Crippen LogP contribution is -2.03. The van der Waals surface area contributed by atoms with Gasteiger partial charge in [-0.05, 0) is 19.1 Å². The van der Waals surface area contributed by atoms with E-state index < -0.39 is 11.4 Å². The first-order valence-electron chi connectivity index (χ1n) is 3.82. The van der Waals surface area contributed by atoms with Gasteiger partial charge < -0.3 is 4.74 Å². The van der Waals surface area contributed by atoms with Gasteiger partial charge in [-0.2, -0.15) is 4.21 Å². The quantitative estimate of drug-likeness (QED) is 0.294. The van der Waals surface area contributed by atoms with E-state index in [2.05, 4.69) is 16.8 Å². The fourth-order valence-electron chi connectivity index (χ4n) is 0.564. The molecule has 7 heteroatoms. The maximum absolute atomic E-state index is 10.0. The first-order valence-corrected chi connectivity index (χ1v) is 6.42. The Labute approximate surface area is 90.7 Å².